The van der Waals surface area contributed by atoms with Crippen molar-refractivity contribution in [3.05, 3.63) is 54.1 Å². The highest BCUT2D eigenvalue weighted by molar-refractivity contribution is 5.91. The fraction of sp³-hybridized carbons (Fsp3) is 0.263. The molecule has 3 N–H and O–H groups in total. The molecule has 0 fully saturated rings. The number of aliphatic hydroxyl groups excluding tert-OH is 1. The fourth-order valence-corrected chi connectivity index (χ4v) is 2.46. The first-order valence-electron chi connectivity index (χ1n) is 8.20. The molecule has 0 unspecified atom stereocenters. The second kappa shape index (κ2) is 9.43. The average Bonchev–Trinajstić information content (AvgIpc) is 2.63. The average molecular weight is 357 g/mol. The molecule has 2 aromatic carbocycles. The lowest BCUT2D eigenvalue weighted by molar-refractivity contribution is -0.114. The Bertz CT molecular complexity index is 747. The normalized spacial score (nSPS) is 10.1. The minimum absolute atomic E-state index is 0.149. The number of carbonyl (C=O) groups is 2. The van der Waals surface area contributed by atoms with Crippen molar-refractivity contribution in [1.82, 2.24) is 4.90 Å². The second-order valence-electron chi connectivity index (χ2n) is 5.65. The third-order valence-corrected chi connectivity index (χ3v) is 3.67. The number of rotatable bonds is 7. The molecular formula is C19H23N3O4. The molecule has 0 heterocycles. The van der Waals surface area contributed by atoms with Crippen LogP contribution in [0.15, 0.2) is 48.5 Å². The lowest BCUT2D eigenvalue weighted by atomic mass is 10.2. The molecule has 0 saturated carbocycles. The van der Waals surface area contributed by atoms with E-state index in [0.717, 1.165) is 5.56 Å². The summed E-state index contributed by atoms with van der Waals surface area (Å²) in [6.07, 6.45) is 0. The number of nitrogens with zero attached hydrogens (tertiary/aromatic N) is 1. The predicted octanol–water partition coefficient (Wildman–Crippen LogP) is 2.68. The summed E-state index contributed by atoms with van der Waals surface area (Å²) in [5.74, 6) is 0.524. The Hall–Kier alpha value is -3.06. The van der Waals surface area contributed by atoms with Crippen LogP contribution in [0.1, 0.15) is 12.5 Å². The van der Waals surface area contributed by atoms with Gasteiger partial charge in [-0.05, 0) is 30.3 Å². The van der Waals surface area contributed by atoms with Gasteiger partial charge >= 0.3 is 6.03 Å². The van der Waals surface area contributed by atoms with Crippen LogP contribution in [0.4, 0.5) is 16.2 Å². The number of hydrogen-bond donors (Lipinski definition) is 3. The molecule has 0 bridgehead atoms. The zero-order valence-corrected chi connectivity index (χ0v) is 14.9. The van der Waals surface area contributed by atoms with E-state index in [1.54, 1.807) is 31.4 Å². The van der Waals surface area contributed by atoms with E-state index in [1.807, 2.05) is 24.3 Å². The summed E-state index contributed by atoms with van der Waals surface area (Å²) in [7, 11) is 1.58. The van der Waals surface area contributed by atoms with Crippen LogP contribution in [0.5, 0.6) is 5.75 Å². The molecule has 0 spiro atoms. The zero-order chi connectivity index (χ0) is 18.9. The molecule has 7 nitrogen and oxygen atoms in total. The van der Waals surface area contributed by atoms with Crippen LogP contribution in [-0.2, 0) is 11.3 Å². The van der Waals surface area contributed by atoms with Gasteiger partial charge in [0.25, 0.3) is 0 Å². The predicted molar refractivity (Wildman–Crippen MR) is 100 cm³/mol. The standard InChI is InChI=1S/C19H23N3O4/c1-14(24)20-16-7-9-17(10-8-16)21-19(25)22(11-12-23)13-15-5-3-4-6-18(15)26-2/h3-10,23H,11-13H2,1-2H3,(H,20,24)(H,21,25). The number of amides is 3. The van der Waals surface area contributed by atoms with E-state index in [-0.39, 0.29) is 25.1 Å². The molecule has 0 radical (unpaired) electrons. The summed E-state index contributed by atoms with van der Waals surface area (Å²) < 4.78 is 5.31. The SMILES string of the molecule is COc1ccccc1CN(CCO)C(=O)Nc1ccc(NC(C)=O)cc1. The maximum absolute atomic E-state index is 12.6. The van der Waals surface area contributed by atoms with Crippen molar-refractivity contribution in [3.63, 3.8) is 0 Å². The first-order chi connectivity index (χ1) is 12.5. The molecule has 0 saturated heterocycles. The highest BCUT2D eigenvalue weighted by atomic mass is 16.5. The Labute approximate surface area is 152 Å². The molecule has 138 valence electrons. The first kappa shape index (κ1) is 19.3. The van der Waals surface area contributed by atoms with Gasteiger partial charge in [0.1, 0.15) is 5.75 Å². The van der Waals surface area contributed by atoms with Gasteiger partial charge in [0.05, 0.1) is 20.3 Å². The minimum atomic E-state index is -0.336. The maximum atomic E-state index is 12.6. The Balaban J connectivity index is 2.06. The van der Waals surface area contributed by atoms with Gasteiger partial charge in [-0.25, -0.2) is 4.79 Å². The molecule has 0 atom stereocenters. The summed E-state index contributed by atoms with van der Waals surface area (Å²) in [5.41, 5.74) is 2.09. The van der Waals surface area contributed by atoms with E-state index < -0.39 is 0 Å². The highest BCUT2D eigenvalue weighted by Crippen LogP contribution is 2.20. The van der Waals surface area contributed by atoms with Gasteiger partial charge in [-0.15, -0.1) is 0 Å². The van der Waals surface area contributed by atoms with E-state index in [4.69, 9.17) is 4.74 Å². The van der Waals surface area contributed by atoms with Crippen molar-refractivity contribution < 1.29 is 19.4 Å². The van der Waals surface area contributed by atoms with Crippen molar-refractivity contribution in [1.29, 1.82) is 0 Å². The summed E-state index contributed by atoms with van der Waals surface area (Å²) in [5, 5.41) is 14.7. The van der Waals surface area contributed by atoms with Gasteiger partial charge in [-0.2, -0.15) is 0 Å². The van der Waals surface area contributed by atoms with Crippen molar-refractivity contribution in [2.24, 2.45) is 0 Å². The number of nitrogens with one attached hydrogen (secondary N) is 2. The van der Waals surface area contributed by atoms with Crippen molar-refractivity contribution in [2.45, 2.75) is 13.5 Å². The number of ether oxygens (including phenoxy) is 1. The fourth-order valence-electron chi connectivity index (χ4n) is 2.46. The second-order valence-corrected chi connectivity index (χ2v) is 5.65. The van der Waals surface area contributed by atoms with E-state index in [0.29, 0.717) is 23.7 Å². The van der Waals surface area contributed by atoms with Crippen LogP contribution >= 0.6 is 0 Å². The smallest absolute Gasteiger partial charge is 0.322 e. The maximum Gasteiger partial charge on any atom is 0.322 e. The Kier molecular flexibility index (Phi) is 6.99. The number of para-hydroxylation sites is 1. The van der Waals surface area contributed by atoms with Crippen molar-refractivity contribution in [3.8, 4) is 5.75 Å². The molecule has 26 heavy (non-hydrogen) atoms. The quantitative estimate of drug-likeness (QED) is 0.710. The van der Waals surface area contributed by atoms with Crippen molar-refractivity contribution >= 4 is 23.3 Å². The van der Waals surface area contributed by atoms with Crippen LogP contribution < -0.4 is 15.4 Å². The van der Waals surface area contributed by atoms with Crippen LogP contribution in [0.25, 0.3) is 0 Å². The van der Waals surface area contributed by atoms with Gasteiger partial charge in [-0.3, -0.25) is 4.79 Å². The molecular weight excluding hydrogens is 334 g/mol. The highest BCUT2D eigenvalue weighted by Gasteiger charge is 2.15. The topological polar surface area (TPSA) is 90.9 Å². The number of urea groups is 1. The van der Waals surface area contributed by atoms with E-state index in [9.17, 15) is 14.7 Å². The van der Waals surface area contributed by atoms with E-state index >= 15 is 0 Å². The summed E-state index contributed by atoms with van der Waals surface area (Å²) in [6, 6.07) is 13.9. The lowest BCUT2D eigenvalue weighted by Crippen LogP contribution is -2.36. The Morgan fingerprint density at radius 3 is 2.23 bits per heavy atom. The molecule has 0 aliphatic rings. The van der Waals surface area contributed by atoms with Crippen LogP contribution in [0.2, 0.25) is 0 Å². The molecule has 2 aromatic rings. The molecule has 0 aromatic heterocycles. The monoisotopic (exact) mass is 357 g/mol. The Morgan fingerprint density at radius 2 is 1.65 bits per heavy atom. The van der Waals surface area contributed by atoms with Gasteiger partial charge in [0, 0.05) is 30.4 Å². The van der Waals surface area contributed by atoms with E-state index in [2.05, 4.69) is 10.6 Å². The molecule has 3 amide bonds. The molecule has 0 aliphatic heterocycles. The number of aliphatic hydroxyl groups is 1. The molecule has 7 heteroatoms. The van der Waals surface area contributed by atoms with Gasteiger partial charge in [-0.1, -0.05) is 18.2 Å². The van der Waals surface area contributed by atoms with Crippen LogP contribution in [-0.4, -0.2) is 42.2 Å². The van der Waals surface area contributed by atoms with Gasteiger partial charge in [0.2, 0.25) is 5.91 Å². The Morgan fingerprint density at radius 1 is 1.04 bits per heavy atom. The number of anilines is 2. The van der Waals surface area contributed by atoms with Crippen molar-refractivity contribution in [2.75, 3.05) is 30.9 Å². The van der Waals surface area contributed by atoms with E-state index in [1.165, 1.54) is 11.8 Å². The summed E-state index contributed by atoms with van der Waals surface area (Å²) in [6.45, 7) is 1.78. The first-order valence-corrected chi connectivity index (χ1v) is 8.20. The van der Waals surface area contributed by atoms with Gasteiger partial charge < -0.3 is 25.4 Å². The lowest BCUT2D eigenvalue weighted by Gasteiger charge is -2.23. The number of hydrogen-bond acceptors (Lipinski definition) is 4. The minimum Gasteiger partial charge on any atom is -0.496 e. The summed E-state index contributed by atoms with van der Waals surface area (Å²) >= 11 is 0. The van der Waals surface area contributed by atoms with Gasteiger partial charge in [0.15, 0.2) is 0 Å². The zero-order valence-electron chi connectivity index (χ0n) is 14.9. The summed E-state index contributed by atoms with van der Waals surface area (Å²) in [4.78, 5) is 25.1. The number of benzene rings is 2. The number of methoxy groups -OCH3 is 1. The van der Waals surface area contributed by atoms with Crippen LogP contribution in [0.3, 0.4) is 0 Å². The molecule has 2 rings (SSSR count). The van der Waals surface area contributed by atoms with Crippen LogP contribution in [0, 0.1) is 0 Å². The molecule has 0 aliphatic carbocycles. The third-order valence-electron chi connectivity index (χ3n) is 3.67. The largest absolute Gasteiger partial charge is 0.496 e. The third kappa shape index (κ3) is 5.49. The number of carbonyl (C=O) groups excluding carboxylic acids is 2.